The normalized spacial score (nSPS) is 18.3. The molecule has 0 saturated carbocycles. The van der Waals surface area contributed by atoms with Gasteiger partial charge in [0.05, 0.1) is 5.69 Å². The van der Waals surface area contributed by atoms with E-state index in [0.29, 0.717) is 5.95 Å². The Morgan fingerprint density at radius 3 is 2.93 bits per heavy atom. The fraction of sp³-hybridized carbons (Fsp3) is 0.556. The van der Waals surface area contributed by atoms with Crippen molar-refractivity contribution < 1.29 is 0 Å². The van der Waals surface area contributed by atoms with Crippen LogP contribution in [-0.4, -0.2) is 41.0 Å². The molecular formula is C9H15N5. The molecule has 0 atom stereocenters. The molecule has 14 heavy (non-hydrogen) atoms. The Kier molecular flexibility index (Phi) is 2.90. The van der Waals surface area contributed by atoms with Gasteiger partial charge in [-0.3, -0.25) is 4.90 Å². The Morgan fingerprint density at radius 2 is 2.21 bits per heavy atom. The summed E-state index contributed by atoms with van der Waals surface area (Å²) in [7, 11) is 0. The fourth-order valence-electron chi connectivity index (χ4n) is 1.60. The molecule has 3 N–H and O–H groups in total. The van der Waals surface area contributed by atoms with Gasteiger partial charge >= 0.3 is 0 Å². The van der Waals surface area contributed by atoms with Crippen LogP contribution in [0.2, 0.25) is 0 Å². The molecular weight excluding hydrogens is 178 g/mol. The lowest BCUT2D eigenvalue weighted by Crippen LogP contribution is -2.43. The van der Waals surface area contributed by atoms with Crippen LogP contribution < -0.4 is 11.1 Å². The average molecular weight is 193 g/mol. The Balaban J connectivity index is 1.95. The van der Waals surface area contributed by atoms with E-state index < -0.39 is 0 Å². The third-order valence-corrected chi connectivity index (χ3v) is 2.33. The first-order chi connectivity index (χ1) is 6.84. The van der Waals surface area contributed by atoms with Gasteiger partial charge in [0.1, 0.15) is 0 Å². The van der Waals surface area contributed by atoms with E-state index in [2.05, 4.69) is 20.2 Å². The molecule has 5 nitrogen and oxygen atoms in total. The van der Waals surface area contributed by atoms with Crippen molar-refractivity contribution in [2.75, 3.05) is 31.9 Å². The van der Waals surface area contributed by atoms with Crippen molar-refractivity contribution in [1.29, 1.82) is 0 Å². The minimum Gasteiger partial charge on any atom is -0.368 e. The lowest BCUT2D eigenvalue weighted by atomic mass is 10.3. The van der Waals surface area contributed by atoms with Crippen molar-refractivity contribution in [2.45, 2.75) is 6.54 Å². The SMILES string of the molecule is Nc1nccc(CN2CCNCC2)n1. The van der Waals surface area contributed by atoms with Gasteiger partial charge in [-0.2, -0.15) is 0 Å². The third-order valence-electron chi connectivity index (χ3n) is 2.33. The second-order valence-corrected chi connectivity index (χ2v) is 3.43. The van der Waals surface area contributed by atoms with E-state index in [1.807, 2.05) is 6.07 Å². The second kappa shape index (κ2) is 4.34. The van der Waals surface area contributed by atoms with Crippen molar-refractivity contribution in [3.05, 3.63) is 18.0 Å². The highest BCUT2D eigenvalue weighted by molar-refractivity contribution is 5.17. The number of nitrogens with zero attached hydrogens (tertiary/aromatic N) is 3. The maximum Gasteiger partial charge on any atom is 0.220 e. The lowest BCUT2D eigenvalue weighted by molar-refractivity contribution is 0.231. The molecule has 1 saturated heterocycles. The molecule has 1 aliphatic rings. The summed E-state index contributed by atoms with van der Waals surface area (Å²) in [6, 6.07) is 1.92. The van der Waals surface area contributed by atoms with Crippen molar-refractivity contribution in [3.8, 4) is 0 Å². The Hall–Kier alpha value is -1.20. The highest BCUT2D eigenvalue weighted by Gasteiger charge is 2.10. The zero-order valence-corrected chi connectivity index (χ0v) is 8.11. The Labute approximate surface area is 83.3 Å². The predicted molar refractivity (Wildman–Crippen MR) is 54.6 cm³/mol. The van der Waals surface area contributed by atoms with Crippen LogP contribution in [0.3, 0.4) is 0 Å². The van der Waals surface area contributed by atoms with E-state index in [1.165, 1.54) is 0 Å². The molecule has 0 aromatic carbocycles. The summed E-state index contributed by atoms with van der Waals surface area (Å²) < 4.78 is 0. The number of aromatic nitrogens is 2. The standard InChI is InChI=1S/C9H15N5/c10-9-12-2-1-8(13-9)7-14-5-3-11-4-6-14/h1-2,11H,3-7H2,(H2,10,12,13). The summed E-state index contributed by atoms with van der Waals surface area (Å²) in [6.07, 6.45) is 1.71. The van der Waals surface area contributed by atoms with Crippen molar-refractivity contribution in [2.24, 2.45) is 0 Å². The van der Waals surface area contributed by atoms with Crippen molar-refractivity contribution in [1.82, 2.24) is 20.2 Å². The fourth-order valence-corrected chi connectivity index (χ4v) is 1.60. The molecule has 0 unspecified atom stereocenters. The first kappa shape index (κ1) is 9.36. The van der Waals surface area contributed by atoms with E-state index in [-0.39, 0.29) is 0 Å². The van der Waals surface area contributed by atoms with Gasteiger partial charge in [-0.1, -0.05) is 0 Å². The topological polar surface area (TPSA) is 67.1 Å². The van der Waals surface area contributed by atoms with Gasteiger partial charge in [0.15, 0.2) is 0 Å². The number of piperazine rings is 1. The van der Waals surface area contributed by atoms with Gasteiger partial charge in [0.2, 0.25) is 5.95 Å². The smallest absolute Gasteiger partial charge is 0.220 e. The van der Waals surface area contributed by atoms with E-state index >= 15 is 0 Å². The van der Waals surface area contributed by atoms with Crippen LogP contribution in [0.1, 0.15) is 5.69 Å². The Morgan fingerprint density at radius 1 is 1.43 bits per heavy atom. The molecule has 1 fully saturated rings. The van der Waals surface area contributed by atoms with Gasteiger partial charge < -0.3 is 11.1 Å². The maximum absolute atomic E-state index is 5.51. The van der Waals surface area contributed by atoms with E-state index in [0.717, 1.165) is 38.4 Å². The molecule has 0 spiro atoms. The van der Waals surface area contributed by atoms with Crippen LogP contribution in [0.15, 0.2) is 12.3 Å². The number of nitrogens with one attached hydrogen (secondary N) is 1. The summed E-state index contributed by atoms with van der Waals surface area (Å²) in [5, 5.41) is 3.31. The van der Waals surface area contributed by atoms with E-state index in [4.69, 9.17) is 5.73 Å². The number of rotatable bonds is 2. The summed E-state index contributed by atoms with van der Waals surface area (Å²) in [5.74, 6) is 0.359. The van der Waals surface area contributed by atoms with Crippen LogP contribution in [0.4, 0.5) is 5.95 Å². The molecule has 1 aromatic heterocycles. The molecule has 0 amide bonds. The summed E-state index contributed by atoms with van der Waals surface area (Å²) in [4.78, 5) is 10.4. The van der Waals surface area contributed by atoms with Crippen molar-refractivity contribution in [3.63, 3.8) is 0 Å². The first-order valence-electron chi connectivity index (χ1n) is 4.85. The van der Waals surface area contributed by atoms with Crippen LogP contribution in [0.25, 0.3) is 0 Å². The minimum absolute atomic E-state index is 0.359. The largest absolute Gasteiger partial charge is 0.368 e. The quantitative estimate of drug-likeness (QED) is 0.660. The zero-order valence-electron chi connectivity index (χ0n) is 8.11. The molecule has 0 bridgehead atoms. The summed E-state index contributed by atoms with van der Waals surface area (Å²) in [6.45, 7) is 5.13. The van der Waals surface area contributed by atoms with E-state index in [9.17, 15) is 0 Å². The van der Waals surface area contributed by atoms with Gasteiger partial charge in [-0.25, -0.2) is 9.97 Å². The summed E-state index contributed by atoms with van der Waals surface area (Å²) in [5.41, 5.74) is 6.51. The number of hydrogen-bond acceptors (Lipinski definition) is 5. The molecule has 0 aliphatic carbocycles. The molecule has 1 aliphatic heterocycles. The Bertz CT molecular complexity index is 295. The van der Waals surface area contributed by atoms with Gasteiger partial charge in [0, 0.05) is 38.9 Å². The zero-order chi connectivity index (χ0) is 9.80. The summed E-state index contributed by atoms with van der Waals surface area (Å²) >= 11 is 0. The lowest BCUT2D eigenvalue weighted by Gasteiger charge is -2.26. The van der Waals surface area contributed by atoms with Gasteiger partial charge in [-0.05, 0) is 6.07 Å². The van der Waals surface area contributed by atoms with Crippen LogP contribution in [0.5, 0.6) is 0 Å². The number of hydrogen-bond donors (Lipinski definition) is 2. The number of nitrogen functional groups attached to an aromatic ring is 1. The van der Waals surface area contributed by atoms with Crippen LogP contribution in [0, 0.1) is 0 Å². The molecule has 2 heterocycles. The highest BCUT2D eigenvalue weighted by Crippen LogP contribution is 2.03. The maximum atomic E-state index is 5.51. The van der Waals surface area contributed by atoms with Crippen LogP contribution in [-0.2, 0) is 6.54 Å². The van der Waals surface area contributed by atoms with Gasteiger partial charge in [0.25, 0.3) is 0 Å². The molecule has 1 aromatic rings. The number of anilines is 1. The molecule has 0 radical (unpaired) electrons. The molecule has 5 heteroatoms. The highest BCUT2D eigenvalue weighted by atomic mass is 15.2. The second-order valence-electron chi connectivity index (χ2n) is 3.43. The predicted octanol–water partition coefficient (Wildman–Crippen LogP) is -0.536. The van der Waals surface area contributed by atoms with Crippen molar-refractivity contribution >= 4 is 5.95 Å². The molecule has 2 rings (SSSR count). The first-order valence-corrected chi connectivity index (χ1v) is 4.85. The van der Waals surface area contributed by atoms with Crippen LogP contribution >= 0.6 is 0 Å². The van der Waals surface area contributed by atoms with Gasteiger partial charge in [-0.15, -0.1) is 0 Å². The number of nitrogens with two attached hydrogens (primary N) is 1. The average Bonchev–Trinajstić information content (AvgIpc) is 2.19. The monoisotopic (exact) mass is 193 g/mol. The minimum atomic E-state index is 0.359. The third kappa shape index (κ3) is 2.40. The molecule has 76 valence electrons. The van der Waals surface area contributed by atoms with E-state index in [1.54, 1.807) is 6.20 Å².